The summed E-state index contributed by atoms with van der Waals surface area (Å²) in [7, 11) is 0. The summed E-state index contributed by atoms with van der Waals surface area (Å²) in [4.78, 5) is 10.3. The van der Waals surface area contributed by atoms with Crippen LogP contribution in [0.5, 0.6) is 5.75 Å². The van der Waals surface area contributed by atoms with Crippen LogP contribution in [0.2, 0.25) is 0 Å². The summed E-state index contributed by atoms with van der Waals surface area (Å²) in [5.74, 6) is 0.883. The van der Waals surface area contributed by atoms with Gasteiger partial charge in [-0.1, -0.05) is 19.1 Å². The van der Waals surface area contributed by atoms with Crippen molar-refractivity contribution < 1.29 is 9.78 Å². The van der Waals surface area contributed by atoms with Crippen molar-refractivity contribution in [1.29, 1.82) is 0 Å². The Hall–Kier alpha value is -1.02. The highest BCUT2D eigenvalue weighted by atomic mass is 17.2. The van der Waals surface area contributed by atoms with Gasteiger partial charge in [-0.05, 0) is 42.9 Å². The Labute approximate surface area is 84.8 Å². The van der Waals surface area contributed by atoms with Crippen LogP contribution in [0.3, 0.4) is 0 Å². The zero-order valence-electron chi connectivity index (χ0n) is 8.29. The Balaban J connectivity index is 2.23. The second kappa shape index (κ2) is 4.47. The Morgan fingerprint density at radius 3 is 3.14 bits per heavy atom. The highest BCUT2D eigenvalue weighted by molar-refractivity contribution is 5.37. The standard InChI is InChI=1S/C12H15O2/c1-2-4-10-6-7-11-5-3-8-13-14-12(11)9-10/h6-7,9H,1-5,8H2. The first-order chi connectivity index (χ1) is 6.90. The fraction of sp³-hybridized carbons (Fsp3) is 0.417. The van der Waals surface area contributed by atoms with Gasteiger partial charge in [-0.15, -0.1) is 0 Å². The van der Waals surface area contributed by atoms with Crippen LogP contribution in [0.1, 0.15) is 24.0 Å². The topological polar surface area (TPSA) is 18.5 Å². The minimum atomic E-state index is 0.680. The van der Waals surface area contributed by atoms with Gasteiger partial charge in [0, 0.05) is 0 Å². The van der Waals surface area contributed by atoms with Gasteiger partial charge in [0.15, 0.2) is 5.75 Å². The van der Waals surface area contributed by atoms with Gasteiger partial charge in [-0.2, -0.15) is 4.89 Å². The second-order valence-corrected chi connectivity index (χ2v) is 3.55. The lowest BCUT2D eigenvalue weighted by Crippen LogP contribution is -1.96. The number of hydrogen-bond donors (Lipinski definition) is 0. The molecule has 1 aromatic carbocycles. The molecule has 1 aliphatic rings. The molecule has 0 atom stereocenters. The van der Waals surface area contributed by atoms with E-state index in [1.165, 1.54) is 11.1 Å². The summed E-state index contributed by atoms with van der Waals surface area (Å²) in [5, 5.41) is 0. The molecule has 2 heteroatoms. The van der Waals surface area contributed by atoms with Crippen LogP contribution in [0.4, 0.5) is 0 Å². The molecule has 14 heavy (non-hydrogen) atoms. The van der Waals surface area contributed by atoms with Crippen molar-refractivity contribution in [3.8, 4) is 5.75 Å². The Morgan fingerprint density at radius 2 is 2.29 bits per heavy atom. The molecule has 0 saturated heterocycles. The van der Waals surface area contributed by atoms with E-state index in [0.717, 1.165) is 31.4 Å². The second-order valence-electron chi connectivity index (χ2n) is 3.55. The maximum atomic E-state index is 5.22. The average molecular weight is 191 g/mol. The van der Waals surface area contributed by atoms with Gasteiger partial charge in [0.2, 0.25) is 0 Å². The molecule has 1 aliphatic heterocycles. The molecule has 0 unspecified atom stereocenters. The van der Waals surface area contributed by atoms with Gasteiger partial charge < -0.3 is 4.89 Å². The van der Waals surface area contributed by atoms with Crippen molar-refractivity contribution in [2.45, 2.75) is 25.7 Å². The minimum absolute atomic E-state index is 0.680. The average Bonchev–Trinajstić information content (AvgIpc) is 2.42. The van der Waals surface area contributed by atoms with Crippen molar-refractivity contribution in [3.63, 3.8) is 0 Å². The van der Waals surface area contributed by atoms with Crippen molar-refractivity contribution >= 4 is 0 Å². The van der Waals surface area contributed by atoms with Crippen molar-refractivity contribution in [2.24, 2.45) is 0 Å². The maximum absolute atomic E-state index is 5.22. The van der Waals surface area contributed by atoms with Crippen LogP contribution in [0.15, 0.2) is 18.2 Å². The number of hydrogen-bond acceptors (Lipinski definition) is 2. The summed E-state index contributed by atoms with van der Waals surface area (Å²) < 4.78 is 0. The van der Waals surface area contributed by atoms with Crippen molar-refractivity contribution in [3.05, 3.63) is 36.2 Å². The van der Waals surface area contributed by atoms with E-state index in [2.05, 4.69) is 25.1 Å². The normalized spacial score (nSPS) is 15.5. The SMILES string of the molecule is [CH2]CCc1ccc2c(c1)OOCCC2. The molecule has 2 nitrogen and oxygen atoms in total. The lowest BCUT2D eigenvalue weighted by molar-refractivity contribution is -0.203. The molecule has 0 bridgehead atoms. The predicted molar refractivity (Wildman–Crippen MR) is 55.0 cm³/mol. The number of aryl methyl sites for hydroxylation is 2. The third kappa shape index (κ3) is 2.07. The van der Waals surface area contributed by atoms with E-state index >= 15 is 0 Å². The van der Waals surface area contributed by atoms with E-state index in [4.69, 9.17) is 9.78 Å². The van der Waals surface area contributed by atoms with Crippen LogP contribution in [-0.2, 0) is 17.7 Å². The summed E-state index contributed by atoms with van der Waals surface area (Å²) in [6, 6.07) is 6.35. The quantitative estimate of drug-likeness (QED) is 0.669. The fourth-order valence-corrected chi connectivity index (χ4v) is 1.67. The highest BCUT2D eigenvalue weighted by Crippen LogP contribution is 2.25. The first-order valence-electron chi connectivity index (χ1n) is 5.10. The number of rotatable bonds is 2. The van der Waals surface area contributed by atoms with Crippen LogP contribution >= 0.6 is 0 Å². The third-order valence-corrected chi connectivity index (χ3v) is 2.42. The molecule has 0 amide bonds. The summed E-state index contributed by atoms with van der Waals surface area (Å²) in [5.41, 5.74) is 2.51. The zero-order valence-corrected chi connectivity index (χ0v) is 8.29. The molecule has 0 spiro atoms. The van der Waals surface area contributed by atoms with Crippen molar-refractivity contribution in [2.75, 3.05) is 6.61 Å². The van der Waals surface area contributed by atoms with E-state index < -0.39 is 0 Å². The minimum Gasteiger partial charge on any atom is -0.337 e. The lowest BCUT2D eigenvalue weighted by atomic mass is 10.0. The van der Waals surface area contributed by atoms with Gasteiger partial charge >= 0.3 is 0 Å². The van der Waals surface area contributed by atoms with Crippen LogP contribution in [0.25, 0.3) is 0 Å². The predicted octanol–water partition coefficient (Wildman–Crippen LogP) is 2.71. The summed E-state index contributed by atoms with van der Waals surface area (Å²) in [6.07, 6.45) is 3.98. The van der Waals surface area contributed by atoms with E-state index in [-0.39, 0.29) is 0 Å². The van der Waals surface area contributed by atoms with Gasteiger partial charge in [-0.25, -0.2) is 0 Å². The summed E-state index contributed by atoms with van der Waals surface area (Å²) >= 11 is 0. The fourth-order valence-electron chi connectivity index (χ4n) is 1.67. The Bertz CT molecular complexity index is 307. The number of benzene rings is 1. The van der Waals surface area contributed by atoms with Crippen LogP contribution < -0.4 is 4.89 Å². The molecule has 0 N–H and O–H groups in total. The largest absolute Gasteiger partial charge is 0.337 e. The molecule has 1 aromatic rings. The Morgan fingerprint density at radius 1 is 1.36 bits per heavy atom. The molecular weight excluding hydrogens is 176 g/mol. The molecule has 0 aromatic heterocycles. The highest BCUT2D eigenvalue weighted by Gasteiger charge is 2.10. The van der Waals surface area contributed by atoms with Gasteiger partial charge in [-0.3, -0.25) is 0 Å². The Kier molecular flexibility index (Phi) is 3.04. The molecule has 0 aliphatic carbocycles. The van der Waals surface area contributed by atoms with Gasteiger partial charge in [0.25, 0.3) is 0 Å². The molecule has 0 fully saturated rings. The van der Waals surface area contributed by atoms with Crippen LogP contribution in [0, 0.1) is 6.92 Å². The van der Waals surface area contributed by atoms with E-state index in [0.29, 0.717) is 6.61 Å². The lowest BCUT2D eigenvalue weighted by Gasteiger charge is -2.06. The summed E-state index contributed by atoms with van der Waals surface area (Å²) in [6.45, 7) is 4.52. The molecule has 1 heterocycles. The maximum Gasteiger partial charge on any atom is 0.168 e. The van der Waals surface area contributed by atoms with Crippen LogP contribution in [-0.4, -0.2) is 6.61 Å². The third-order valence-electron chi connectivity index (χ3n) is 2.42. The number of fused-ring (bicyclic) bond motifs is 1. The van der Waals surface area contributed by atoms with E-state index in [9.17, 15) is 0 Å². The molecule has 0 saturated carbocycles. The zero-order chi connectivity index (χ0) is 9.80. The van der Waals surface area contributed by atoms with Gasteiger partial charge in [0.1, 0.15) is 0 Å². The molecule has 75 valence electrons. The smallest absolute Gasteiger partial charge is 0.168 e. The van der Waals surface area contributed by atoms with E-state index in [1.54, 1.807) is 0 Å². The molecular formula is C12H15O2. The first-order valence-corrected chi connectivity index (χ1v) is 5.10. The molecule has 1 radical (unpaired) electrons. The van der Waals surface area contributed by atoms with Crippen molar-refractivity contribution in [1.82, 2.24) is 0 Å². The first kappa shape index (κ1) is 9.53. The van der Waals surface area contributed by atoms with E-state index in [1.807, 2.05) is 0 Å². The van der Waals surface area contributed by atoms with Gasteiger partial charge in [0.05, 0.1) is 6.61 Å². The monoisotopic (exact) mass is 191 g/mol. The molecule has 2 rings (SSSR count).